The van der Waals surface area contributed by atoms with Crippen molar-refractivity contribution < 1.29 is 42.1 Å². The number of hydrogen-bond donors (Lipinski definition) is 1. The maximum atomic E-state index is 12.7. The van der Waals surface area contributed by atoms with Gasteiger partial charge in [0.1, 0.15) is 19.8 Å². The van der Waals surface area contributed by atoms with Gasteiger partial charge in [-0.3, -0.25) is 18.6 Å². The van der Waals surface area contributed by atoms with Gasteiger partial charge in [0.25, 0.3) is 0 Å². The van der Waals surface area contributed by atoms with Crippen LogP contribution in [0, 0.1) is 0 Å². The van der Waals surface area contributed by atoms with E-state index in [2.05, 4.69) is 50.3 Å². The molecule has 0 bridgehead atoms. The lowest BCUT2D eigenvalue weighted by molar-refractivity contribution is -0.870. The molecule has 0 aromatic heterocycles. The van der Waals surface area contributed by atoms with Crippen molar-refractivity contribution in [2.45, 2.75) is 238 Å². The van der Waals surface area contributed by atoms with Gasteiger partial charge in [0.05, 0.1) is 27.7 Å². The van der Waals surface area contributed by atoms with E-state index in [0.29, 0.717) is 17.4 Å². The van der Waals surface area contributed by atoms with Crippen LogP contribution in [0.5, 0.6) is 0 Å². The lowest BCUT2D eigenvalue weighted by Gasteiger charge is -2.24. The molecule has 2 atom stereocenters. The number of carbonyl (C=O) groups excluding carboxylic acids is 2. The van der Waals surface area contributed by atoms with Gasteiger partial charge >= 0.3 is 19.8 Å². The minimum absolute atomic E-state index is 0.0248. The molecule has 0 aliphatic rings. The van der Waals surface area contributed by atoms with Crippen molar-refractivity contribution in [1.82, 2.24) is 0 Å². The van der Waals surface area contributed by atoms with Crippen LogP contribution in [-0.4, -0.2) is 74.9 Å². The zero-order valence-corrected chi connectivity index (χ0v) is 42.0. The van der Waals surface area contributed by atoms with Crippen molar-refractivity contribution in [3.05, 3.63) is 36.5 Å². The number of phosphoric acid groups is 1. The zero-order chi connectivity index (χ0) is 45.7. The summed E-state index contributed by atoms with van der Waals surface area (Å²) in [4.78, 5) is 35.5. The number of quaternary nitrogens is 1. The van der Waals surface area contributed by atoms with Crippen LogP contribution in [-0.2, 0) is 32.7 Å². The Morgan fingerprint density at radius 1 is 0.500 bits per heavy atom. The molecular weight excluding hydrogens is 798 g/mol. The lowest BCUT2D eigenvalue weighted by Crippen LogP contribution is -2.37. The number of allylic oxidation sites excluding steroid dienone is 6. The fourth-order valence-corrected chi connectivity index (χ4v) is 7.85. The molecule has 0 aromatic rings. The highest BCUT2D eigenvalue weighted by molar-refractivity contribution is 7.47. The normalized spacial score (nSPS) is 13.7. The summed E-state index contributed by atoms with van der Waals surface area (Å²) in [6.07, 6.45) is 52.1. The van der Waals surface area contributed by atoms with Crippen molar-refractivity contribution in [1.29, 1.82) is 0 Å². The Balaban J connectivity index is 4.28. The van der Waals surface area contributed by atoms with Crippen molar-refractivity contribution in [3.8, 4) is 0 Å². The molecule has 0 radical (unpaired) electrons. The molecule has 0 saturated carbocycles. The first-order chi connectivity index (χ1) is 30.0. The van der Waals surface area contributed by atoms with Crippen LogP contribution in [0.3, 0.4) is 0 Å². The third kappa shape index (κ3) is 47.7. The van der Waals surface area contributed by atoms with Crippen LogP contribution in [0.2, 0.25) is 0 Å². The van der Waals surface area contributed by atoms with E-state index in [9.17, 15) is 19.0 Å². The number of ether oxygens (including phenoxy) is 2. The maximum Gasteiger partial charge on any atom is 0.472 e. The van der Waals surface area contributed by atoms with Gasteiger partial charge in [0.15, 0.2) is 6.10 Å². The van der Waals surface area contributed by atoms with E-state index >= 15 is 0 Å². The Morgan fingerprint density at radius 2 is 0.887 bits per heavy atom. The van der Waals surface area contributed by atoms with Gasteiger partial charge in [-0.05, 0) is 64.2 Å². The summed E-state index contributed by atoms with van der Waals surface area (Å²) in [7, 11) is 1.46. The first kappa shape index (κ1) is 60.2. The van der Waals surface area contributed by atoms with Gasteiger partial charge in [0, 0.05) is 12.8 Å². The van der Waals surface area contributed by atoms with Crippen LogP contribution in [0.25, 0.3) is 0 Å². The first-order valence-corrected chi connectivity index (χ1v) is 27.2. The molecule has 1 unspecified atom stereocenters. The topological polar surface area (TPSA) is 108 Å². The van der Waals surface area contributed by atoms with Gasteiger partial charge in [0.2, 0.25) is 0 Å². The molecule has 0 heterocycles. The van der Waals surface area contributed by atoms with Crippen LogP contribution < -0.4 is 0 Å². The molecule has 0 aliphatic heterocycles. The average molecular weight is 897 g/mol. The van der Waals surface area contributed by atoms with Gasteiger partial charge < -0.3 is 18.9 Å². The Labute approximate surface area is 382 Å². The summed E-state index contributed by atoms with van der Waals surface area (Å²) in [6, 6.07) is 0. The largest absolute Gasteiger partial charge is 0.472 e. The molecule has 364 valence electrons. The van der Waals surface area contributed by atoms with Crippen LogP contribution in [0.4, 0.5) is 0 Å². The number of hydrogen-bond acceptors (Lipinski definition) is 7. The zero-order valence-electron chi connectivity index (χ0n) is 41.1. The van der Waals surface area contributed by atoms with Crippen molar-refractivity contribution in [3.63, 3.8) is 0 Å². The molecule has 0 spiro atoms. The van der Waals surface area contributed by atoms with Crippen LogP contribution in [0.15, 0.2) is 36.5 Å². The van der Waals surface area contributed by atoms with Gasteiger partial charge in [-0.25, -0.2) is 4.57 Å². The van der Waals surface area contributed by atoms with E-state index in [0.717, 1.165) is 38.5 Å². The van der Waals surface area contributed by atoms with Crippen molar-refractivity contribution >= 4 is 19.8 Å². The standard InChI is InChI=1S/C52H98NO8P/c1-6-8-10-12-14-16-18-20-22-24-25-26-27-29-30-32-34-36-38-40-42-44-51(54)58-48-50(49-60-62(56,57)59-47-46-53(3,4)5)61-52(55)45-43-41-39-37-35-33-31-28-23-21-19-17-15-13-11-9-7-2/h20,22,31,33,37,39,50H,6-19,21,23-30,32,34-36,38,40-49H2,1-5H3/p+1/b22-20+,33-31+,39-37+/t50-/m1/s1. The molecule has 9 nitrogen and oxygen atoms in total. The molecule has 10 heteroatoms. The highest BCUT2D eigenvalue weighted by Gasteiger charge is 2.27. The SMILES string of the molecule is CCCCCCCC/C=C/CCCCCCCCCCCCCC(=O)OC[C@H](COP(=O)(O)OCC[N+](C)(C)C)OC(=O)CCC/C=C/C/C=C/CCCCCCCCCCC. The highest BCUT2D eigenvalue weighted by Crippen LogP contribution is 2.43. The number of esters is 2. The number of nitrogens with zero attached hydrogens (tertiary/aromatic N) is 1. The minimum Gasteiger partial charge on any atom is -0.462 e. The first-order valence-electron chi connectivity index (χ1n) is 25.7. The maximum absolute atomic E-state index is 12.7. The Hall–Kier alpha value is -1.77. The number of carbonyl (C=O) groups is 2. The minimum atomic E-state index is -4.39. The molecule has 0 fully saturated rings. The van der Waals surface area contributed by atoms with E-state index in [1.54, 1.807) is 0 Å². The van der Waals surface area contributed by atoms with Crippen LogP contribution >= 0.6 is 7.82 Å². The molecule has 0 aliphatic carbocycles. The predicted molar refractivity (Wildman–Crippen MR) is 261 cm³/mol. The fraction of sp³-hybridized carbons (Fsp3) is 0.846. The fourth-order valence-electron chi connectivity index (χ4n) is 7.11. The summed E-state index contributed by atoms with van der Waals surface area (Å²) >= 11 is 0. The third-order valence-electron chi connectivity index (χ3n) is 11.1. The summed E-state index contributed by atoms with van der Waals surface area (Å²) in [5, 5.41) is 0. The summed E-state index contributed by atoms with van der Waals surface area (Å²) < 4.78 is 34.4. The second kappa shape index (κ2) is 44.4. The number of unbranched alkanes of at least 4 members (excludes halogenated alkanes) is 27. The molecule has 0 rings (SSSR count). The molecule has 0 aromatic carbocycles. The number of likely N-dealkylation sites (N-methyl/N-ethyl adjacent to an activating group) is 1. The average Bonchev–Trinajstić information content (AvgIpc) is 3.23. The Kier molecular flexibility index (Phi) is 43.2. The molecule has 1 N–H and O–H groups in total. The van der Waals surface area contributed by atoms with E-state index in [1.807, 2.05) is 21.1 Å². The second-order valence-corrected chi connectivity index (χ2v) is 20.0. The van der Waals surface area contributed by atoms with E-state index < -0.39 is 26.5 Å². The number of phosphoric ester groups is 1. The van der Waals surface area contributed by atoms with E-state index in [-0.39, 0.29) is 32.0 Å². The summed E-state index contributed by atoms with van der Waals surface area (Å²) in [5.74, 6) is -0.845. The Bertz CT molecular complexity index is 1150. The van der Waals surface area contributed by atoms with Crippen LogP contribution in [0.1, 0.15) is 232 Å². The quantitative estimate of drug-likeness (QED) is 0.0212. The van der Waals surface area contributed by atoms with E-state index in [1.165, 1.54) is 161 Å². The van der Waals surface area contributed by atoms with Crippen molar-refractivity contribution in [2.24, 2.45) is 0 Å². The predicted octanol–water partition coefficient (Wildman–Crippen LogP) is 15.3. The van der Waals surface area contributed by atoms with Gasteiger partial charge in [-0.1, -0.05) is 192 Å². The van der Waals surface area contributed by atoms with Gasteiger partial charge in [-0.15, -0.1) is 0 Å². The van der Waals surface area contributed by atoms with Crippen molar-refractivity contribution in [2.75, 3.05) is 47.5 Å². The smallest absolute Gasteiger partial charge is 0.462 e. The van der Waals surface area contributed by atoms with E-state index in [4.69, 9.17) is 18.5 Å². The second-order valence-electron chi connectivity index (χ2n) is 18.5. The third-order valence-corrected chi connectivity index (χ3v) is 12.1. The highest BCUT2D eigenvalue weighted by atomic mass is 31.2. The monoisotopic (exact) mass is 897 g/mol. The summed E-state index contributed by atoms with van der Waals surface area (Å²) in [6.45, 7) is 4.40. The molecule has 0 amide bonds. The van der Waals surface area contributed by atoms with Gasteiger partial charge in [-0.2, -0.15) is 0 Å². The summed E-state index contributed by atoms with van der Waals surface area (Å²) in [5.41, 5.74) is 0. The number of rotatable bonds is 47. The Morgan fingerprint density at radius 3 is 1.34 bits per heavy atom. The lowest BCUT2D eigenvalue weighted by atomic mass is 10.0. The molecule has 0 saturated heterocycles. The molecular formula is C52H99NO8P+. The molecule has 62 heavy (non-hydrogen) atoms.